The Morgan fingerprint density at radius 1 is 1.05 bits per heavy atom. The van der Waals surface area contributed by atoms with Gasteiger partial charge in [-0.3, -0.25) is 9.88 Å². The summed E-state index contributed by atoms with van der Waals surface area (Å²) >= 11 is 5.95. The Hall–Kier alpha value is -2.74. The van der Waals surface area contributed by atoms with Crippen molar-refractivity contribution in [3.05, 3.63) is 82.4 Å². The number of aromatic nitrogens is 2. The van der Waals surface area contributed by atoms with Crippen LogP contribution in [0.2, 0.25) is 0 Å². The molecule has 2 fully saturated rings. The van der Waals surface area contributed by atoms with Crippen molar-refractivity contribution in [1.29, 1.82) is 0 Å². The Morgan fingerprint density at radius 3 is 2.59 bits per heavy atom. The molecule has 4 heterocycles. The number of morpholine rings is 1. The number of rotatable bonds is 8. The van der Waals surface area contributed by atoms with Gasteiger partial charge in [0.25, 0.3) is 0 Å². The van der Waals surface area contributed by atoms with E-state index in [1.54, 1.807) is 0 Å². The third kappa shape index (κ3) is 5.17. The van der Waals surface area contributed by atoms with E-state index >= 15 is 0 Å². The van der Waals surface area contributed by atoms with Gasteiger partial charge in [-0.1, -0.05) is 31.2 Å². The first-order valence-corrected chi connectivity index (χ1v) is 14.0. The van der Waals surface area contributed by atoms with Gasteiger partial charge in [0.05, 0.1) is 36.7 Å². The van der Waals surface area contributed by atoms with Crippen molar-refractivity contribution in [2.75, 3.05) is 39.4 Å². The van der Waals surface area contributed by atoms with Crippen molar-refractivity contribution >= 4 is 17.3 Å². The summed E-state index contributed by atoms with van der Waals surface area (Å²) in [5, 5.41) is 4.46. The lowest BCUT2D eigenvalue weighted by atomic mass is 9.96. The molecule has 3 aromatic rings. The van der Waals surface area contributed by atoms with Crippen LogP contribution in [0.1, 0.15) is 59.2 Å². The van der Waals surface area contributed by atoms with Crippen molar-refractivity contribution in [2.45, 2.75) is 52.6 Å². The Morgan fingerprint density at radius 2 is 1.86 bits per heavy atom. The van der Waals surface area contributed by atoms with Crippen LogP contribution in [0.4, 0.5) is 0 Å². The molecule has 37 heavy (non-hydrogen) atoms. The molecule has 2 aliphatic heterocycles. The van der Waals surface area contributed by atoms with Crippen LogP contribution in [0.25, 0.3) is 5.69 Å². The summed E-state index contributed by atoms with van der Waals surface area (Å²) < 4.78 is 7.98. The average molecular weight is 518 g/mol. The Balaban J connectivity index is 1.51. The van der Waals surface area contributed by atoms with Crippen molar-refractivity contribution in [2.24, 2.45) is 0 Å². The molecule has 0 spiro atoms. The summed E-state index contributed by atoms with van der Waals surface area (Å²) in [6.45, 7) is 14.6. The zero-order valence-corrected chi connectivity index (χ0v) is 23.4. The summed E-state index contributed by atoms with van der Waals surface area (Å²) in [4.78, 5) is 9.64. The molecule has 0 aliphatic carbocycles. The van der Waals surface area contributed by atoms with Crippen LogP contribution in [0.3, 0.4) is 0 Å². The molecular weight excluding hydrogens is 478 g/mol. The standard InChI is InChI=1S/C30H39N5OS/c1-5-24-11-8-10-21(2)28(24)35-22(3)20-25(23(35)4)29-27(26-12-6-7-13-31-26)32-30(37)34(29)15-9-14-33-16-18-36-19-17-33/h6-8,10-13,20,27,29H,5,9,14-19H2,1-4H3,(H,32,37)/t27-,29+/m1/s1. The highest BCUT2D eigenvalue weighted by Gasteiger charge is 2.41. The van der Waals surface area contributed by atoms with Gasteiger partial charge in [0.1, 0.15) is 0 Å². The van der Waals surface area contributed by atoms with Crippen molar-refractivity contribution < 1.29 is 4.74 Å². The van der Waals surface area contributed by atoms with E-state index in [0.717, 1.165) is 63.0 Å². The Bertz CT molecular complexity index is 1230. The summed E-state index contributed by atoms with van der Waals surface area (Å²) in [5.41, 5.74) is 8.86. The summed E-state index contributed by atoms with van der Waals surface area (Å²) in [5.74, 6) is 0. The SMILES string of the molecule is CCc1cccc(C)c1-n1c(C)cc([C@H]2[C@@H](c3ccccn3)NC(=S)N2CCCN2CCOCC2)c1C. The summed E-state index contributed by atoms with van der Waals surface area (Å²) in [6, 6.07) is 15.2. The number of pyridine rings is 1. The third-order valence-corrected chi connectivity index (χ3v) is 8.24. The van der Waals surface area contributed by atoms with E-state index in [0.29, 0.717) is 0 Å². The maximum Gasteiger partial charge on any atom is 0.170 e. The van der Waals surface area contributed by atoms with Gasteiger partial charge in [-0.15, -0.1) is 0 Å². The minimum Gasteiger partial charge on any atom is -0.379 e. The number of aryl methyl sites for hydroxylation is 3. The lowest BCUT2D eigenvalue weighted by molar-refractivity contribution is 0.0365. The van der Waals surface area contributed by atoms with Crippen molar-refractivity contribution in [3.8, 4) is 5.69 Å². The lowest BCUT2D eigenvalue weighted by Gasteiger charge is -2.30. The first-order valence-electron chi connectivity index (χ1n) is 13.6. The molecule has 0 radical (unpaired) electrons. The number of para-hydroxylation sites is 1. The maximum absolute atomic E-state index is 5.95. The van der Waals surface area contributed by atoms with Gasteiger partial charge in [-0.05, 0) is 80.7 Å². The highest BCUT2D eigenvalue weighted by atomic mass is 32.1. The molecule has 6 nitrogen and oxygen atoms in total. The topological polar surface area (TPSA) is 45.6 Å². The zero-order chi connectivity index (χ0) is 25.9. The fourth-order valence-electron chi connectivity index (χ4n) is 6.03. The normalized spacial score (nSPS) is 20.4. The van der Waals surface area contributed by atoms with Gasteiger partial charge in [0, 0.05) is 43.8 Å². The molecule has 0 unspecified atom stereocenters. The molecule has 0 saturated carbocycles. The molecule has 1 N–H and O–H groups in total. The molecule has 2 atom stereocenters. The fraction of sp³-hybridized carbons (Fsp3) is 0.467. The van der Waals surface area contributed by atoms with E-state index in [1.165, 1.54) is 33.8 Å². The third-order valence-electron chi connectivity index (χ3n) is 7.89. The Labute approximate surface area is 226 Å². The second-order valence-corrected chi connectivity index (χ2v) is 10.6. The van der Waals surface area contributed by atoms with Crippen molar-refractivity contribution in [3.63, 3.8) is 0 Å². The number of thiocarbonyl (C=S) groups is 1. The molecule has 196 valence electrons. The number of nitrogens with zero attached hydrogens (tertiary/aromatic N) is 4. The molecule has 0 amide bonds. The first-order chi connectivity index (χ1) is 18.0. The van der Waals surface area contributed by atoms with Crippen LogP contribution < -0.4 is 5.32 Å². The second-order valence-electron chi connectivity index (χ2n) is 10.2. The first kappa shape index (κ1) is 25.9. The van der Waals surface area contributed by atoms with Crippen LogP contribution in [-0.2, 0) is 11.2 Å². The largest absolute Gasteiger partial charge is 0.379 e. The van der Waals surface area contributed by atoms with Gasteiger partial charge < -0.3 is 19.5 Å². The van der Waals surface area contributed by atoms with Gasteiger partial charge >= 0.3 is 0 Å². The molecule has 7 heteroatoms. The second kappa shape index (κ2) is 11.3. The van der Waals surface area contributed by atoms with Crippen molar-refractivity contribution in [1.82, 2.24) is 24.7 Å². The van der Waals surface area contributed by atoms with Crippen LogP contribution in [-0.4, -0.2) is 63.9 Å². The lowest BCUT2D eigenvalue weighted by Crippen LogP contribution is -2.39. The molecule has 2 aliphatic rings. The quantitative estimate of drug-likeness (QED) is 0.422. The van der Waals surface area contributed by atoms with E-state index in [1.807, 2.05) is 12.3 Å². The van der Waals surface area contributed by atoms with E-state index in [9.17, 15) is 0 Å². The predicted molar refractivity (Wildman–Crippen MR) is 153 cm³/mol. The number of ether oxygens (including phenoxy) is 1. The maximum atomic E-state index is 5.95. The van der Waals surface area contributed by atoms with E-state index < -0.39 is 0 Å². The molecule has 2 saturated heterocycles. The molecule has 0 bridgehead atoms. The predicted octanol–water partition coefficient (Wildman–Crippen LogP) is 5.05. The van der Waals surface area contributed by atoms with Crippen LogP contribution in [0.5, 0.6) is 0 Å². The van der Waals surface area contributed by atoms with Gasteiger partial charge in [-0.25, -0.2) is 0 Å². The van der Waals surface area contributed by atoms with Crippen LogP contribution in [0, 0.1) is 20.8 Å². The average Bonchev–Trinajstić information content (AvgIpc) is 3.39. The number of nitrogens with one attached hydrogen (secondary N) is 1. The molecule has 2 aromatic heterocycles. The summed E-state index contributed by atoms with van der Waals surface area (Å²) in [6.07, 6.45) is 3.94. The fourth-order valence-corrected chi connectivity index (χ4v) is 6.36. The minimum atomic E-state index is 0.00792. The smallest absolute Gasteiger partial charge is 0.170 e. The van der Waals surface area contributed by atoms with E-state index in [2.05, 4.69) is 83.8 Å². The summed E-state index contributed by atoms with van der Waals surface area (Å²) in [7, 11) is 0. The highest BCUT2D eigenvalue weighted by Crippen LogP contribution is 2.42. The zero-order valence-electron chi connectivity index (χ0n) is 22.5. The molecule has 1 aromatic carbocycles. The highest BCUT2D eigenvalue weighted by molar-refractivity contribution is 7.80. The van der Waals surface area contributed by atoms with E-state index in [-0.39, 0.29) is 12.1 Å². The van der Waals surface area contributed by atoms with Gasteiger partial charge in [0.2, 0.25) is 0 Å². The van der Waals surface area contributed by atoms with E-state index in [4.69, 9.17) is 21.9 Å². The Kier molecular flexibility index (Phi) is 7.93. The molecule has 5 rings (SSSR count). The monoisotopic (exact) mass is 517 g/mol. The van der Waals surface area contributed by atoms with Crippen LogP contribution >= 0.6 is 12.2 Å². The number of hydrogen-bond donors (Lipinski definition) is 1. The van der Waals surface area contributed by atoms with Gasteiger partial charge in [-0.2, -0.15) is 0 Å². The number of benzene rings is 1. The molecular formula is C30H39N5OS. The van der Waals surface area contributed by atoms with Gasteiger partial charge in [0.15, 0.2) is 5.11 Å². The number of hydrogen-bond acceptors (Lipinski definition) is 4. The van der Waals surface area contributed by atoms with Crippen LogP contribution in [0.15, 0.2) is 48.7 Å². The minimum absolute atomic E-state index is 0.00792.